The lowest BCUT2D eigenvalue weighted by atomic mass is 10.1. The summed E-state index contributed by atoms with van der Waals surface area (Å²) in [4.78, 5) is 0.278. The molecule has 2 rings (SSSR count). The van der Waals surface area contributed by atoms with Gasteiger partial charge in [0, 0.05) is 6.54 Å². The molecule has 0 N–H and O–H groups in total. The second kappa shape index (κ2) is 5.35. The van der Waals surface area contributed by atoms with Gasteiger partial charge >= 0.3 is 0 Å². The fourth-order valence-corrected chi connectivity index (χ4v) is 4.09. The van der Waals surface area contributed by atoms with Gasteiger partial charge in [-0.3, -0.25) is 0 Å². The summed E-state index contributed by atoms with van der Waals surface area (Å²) in [5.41, 5.74) is -0.550. The third-order valence-corrected chi connectivity index (χ3v) is 5.56. The van der Waals surface area contributed by atoms with Crippen LogP contribution >= 0.6 is 0 Å². The first kappa shape index (κ1) is 15.3. The molecule has 1 fully saturated rings. The summed E-state index contributed by atoms with van der Waals surface area (Å²) in [6.07, 6.45) is -0.101. The van der Waals surface area contributed by atoms with Crippen LogP contribution in [0.3, 0.4) is 0 Å². The van der Waals surface area contributed by atoms with Crippen LogP contribution in [0.4, 0.5) is 0 Å². The Kier molecular flexibility index (Phi) is 4.09. The first-order valence-corrected chi connectivity index (χ1v) is 8.00. The Morgan fingerprint density at radius 2 is 1.90 bits per heavy atom. The average Bonchev–Trinajstić information content (AvgIpc) is 2.41. The Morgan fingerprint density at radius 3 is 2.45 bits per heavy atom. The first-order chi connectivity index (χ1) is 9.27. The van der Waals surface area contributed by atoms with Crippen molar-refractivity contribution in [3.05, 3.63) is 24.3 Å². The van der Waals surface area contributed by atoms with Crippen molar-refractivity contribution in [2.45, 2.75) is 37.3 Å². The highest BCUT2D eigenvalue weighted by Gasteiger charge is 2.41. The molecule has 1 aliphatic rings. The Morgan fingerprint density at radius 1 is 1.30 bits per heavy atom. The van der Waals surface area contributed by atoms with Crippen LogP contribution in [0.2, 0.25) is 0 Å². The van der Waals surface area contributed by atoms with E-state index in [0.29, 0.717) is 18.9 Å². The number of methoxy groups -OCH3 is 1. The highest BCUT2D eigenvalue weighted by molar-refractivity contribution is 7.89. The average molecular weight is 299 g/mol. The van der Waals surface area contributed by atoms with Gasteiger partial charge in [0.15, 0.2) is 0 Å². The standard InChI is InChI=1S/C14H21NO4S/c1-11-9-15(14(2,3)10-19-11)20(16,17)13-7-5-12(18-4)6-8-13/h5-8,11H,9-10H2,1-4H3. The van der Waals surface area contributed by atoms with Crippen LogP contribution in [0.5, 0.6) is 5.75 Å². The molecule has 0 saturated carbocycles. The molecular weight excluding hydrogens is 278 g/mol. The zero-order chi connectivity index (χ0) is 15.0. The lowest BCUT2D eigenvalue weighted by Crippen LogP contribution is -2.57. The molecule has 0 spiro atoms. The number of hydrogen-bond acceptors (Lipinski definition) is 4. The highest BCUT2D eigenvalue weighted by Crippen LogP contribution is 2.29. The van der Waals surface area contributed by atoms with Gasteiger partial charge in [-0.25, -0.2) is 8.42 Å². The molecule has 0 bridgehead atoms. The van der Waals surface area contributed by atoms with Gasteiger partial charge in [-0.2, -0.15) is 4.31 Å². The maximum absolute atomic E-state index is 12.8. The number of benzene rings is 1. The van der Waals surface area contributed by atoms with Gasteiger partial charge in [0.25, 0.3) is 0 Å². The third kappa shape index (κ3) is 2.82. The lowest BCUT2D eigenvalue weighted by Gasteiger charge is -2.43. The molecule has 1 heterocycles. The van der Waals surface area contributed by atoms with Gasteiger partial charge in [-0.1, -0.05) is 0 Å². The Labute approximate surface area is 120 Å². The number of hydrogen-bond donors (Lipinski definition) is 0. The number of nitrogens with zero attached hydrogens (tertiary/aromatic N) is 1. The molecular formula is C14H21NO4S. The van der Waals surface area contributed by atoms with Gasteiger partial charge < -0.3 is 9.47 Å². The molecule has 0 radical (unpaired) electrons. The van der Waals surface area contributed by atoms with Gasteiger partial charge in [-0.05, 0) is 45.0 Å². The minimum absolute atomic E-state index is 0.101. The van der Waals surface area contributed by atoms with E-state index in [1.165, 1.54) is 4.31 Å². The Balaban J connectivity index is 2.37. The topological polar surface area (TPSA) is 55.8 Å². The van der Waals surface area contributed by atoms with Gasteiger partial charge in [0.1, 0.15) is 5.75 Å². The molecule has 1 aromatic rings. The summed E-state index contributed by atoms with van der Waals surface area (Å²) >= 11 is 0. The number of ether oxygens (including phenoxy) is 2. The van der Waals surface area contributed by atoms with Crippen LogP contribution in [-0.4, -0.2) is 44.6 Å². The summed E-state index contributed by atoms with van der Waals surface area (Å²) in [5, 5.41) is 0. The molecule has 0 aromatic heterocycles. The van der Waals surface area contributed by atoms with Crippen LogP contribution < -0.4 is 4.74 Å². The monoisotopic (exact) mass is 299 g/mol. The molecule has 112 valence electrons. The number of rotatable bonds is 3. The fourth-order valence-electron chi connectivity index (χ4n) is 2.25. The normalized spacial score (nSPS) is 23.5. The predicted octanol–water partition coefficient (Wildman–Crippen LogP) is 1.88. The first-order valence-electron chi connectivity index (χ1n) is 6.56. The van der Waals surface area contributed by atoms with Crippen molar-refractivity contribution < 1.29 is 17.9 Å². The lowest BCUT2D eigenvalue weighted by molar-refractivity contribution is -0.0551. The minimum Gasteiger partial charge on any atom is -0.497 e. The molecule has 20 heavy (non-hydrogen) atoms. The second-order valence-corrected chi connectivity index (χ2v) is 7.51. The molecule has 6 heteroatoms. The van der Waals surface area contributed by atoms with Crippen molar-refractivity contribution >= 4 is 10.0 Å². The molecule has 0 aliphatic carbocycles. The van der Waals surface area contributed by atoms with Crippen molar-refractivity contribution in [3.8, 4) is 5.75 Å². The maximum atomic E-state index is 12.8. The molecule has 1 aliphatic heterocycles. The van der Waals surface area contributed by atoms with E-state index in [0.717, 1.165) is 0 Å². The fraction of sp³-hybridized carbons (Fsp3) is 0.571. The smallest absolute Gasteiger partial charge is 0.243 e. The van der Waals surface area contributed by atoms with E-state index in [-0.39, 0.29) is 11.0 Å². The zero-order valence-electron chi connectivity index (χ0n) is 12.3. The maximum Gasteiger partial charge on any atom is 0.243 e. The van der Waals surface area contributed by atoms with Crippen LogP contribution in [0, 0.1) is 0 Å². The number of sulfonamides is 1. The van der Waals surface area contributed by atoms with Crippen molar-refractivity contribution in [1.29, 1.82) is 0 Å². The third-order valence-electron chi connectivity index (χ3n) is 3.47. The van der Waals surface area contributed by atoms with E-state index in [9.17, 15) is 8.42 Å². The summed E-state index contributed by atoms with van der Waals surface area (Å²) in [5.74, 6) is 0.638. The second-order valence-electron chi connectivity index (χ2n) is 5.65. The van der Waals surface area contributed by atoms with E-state index in [1.54, 1.807) is 31.4 Å². The van der Waals surface area contributed by atoms with E-state index in [4.69, 9.17) is 9.47 Å². The summed E-state index contributed by atoms with van der Waals surface area (Å²) < 4.78 is 37.7. The summed E-state index contributed by atoms with van der Waals surface area (Å²) in [7, 11) is -1.98. The quantitative estimate of drug-likeness (QED) is 0.855. The summed E-state index contributed by atoms with van der Waals surface area (Å²) in [6.45, 7) is 6.39. The van der Waals surface area contributed by atoms with Crippen LogP contribution in [-0.2, 0) is 14.8 Å². The van der Waals surface area contributed by atoms with Crippen molar-refractivity contribution in [2.24, 2.45) is 0 Å². The van der Waals surface area contributed by atoms with Crippen LogP contribution in [0.15, 0.2) is 29.2 Å². The van der Waals surface area contributed by atoms with E-state index >= 15 is 0 Å². The largest absolute Gasteiger partial charge is 0.497 e. The summed E-state index contributed by atoms with van der Waals surface area (Å²) in [6, 6.07) is 6.46. The molecule has 1 aromatic carbocycles. The van der Waals surface area contributed by atoms with E-state index in [2.05, 4.69) is 0 Å². The Bertz CT molecular complexity index is 565. The van der Waals surface area contributed by atoms with E-state index in [1.807, 2.05) is 20.8 Å². The van der Waals surface area contributed by atoms with Crippen LogP contribution in [0.25, 0.3) is 0 Å². The molecule has 1 unspecified atom stereocenters. The molecule has 1 saturated heterocycles. The number of morpholine rings is 1. The van der Waals surface area contributed by atoms with Crippen molar-refractivity contribution in [1.82, 2.24) is 4.31 Å². The molecule has 1 atom stereocenters. The predicted molar refractivity (Wildman–Crippen MR) is 76.4 cm³/mol. The SMILES string of the molecule is COc1ccc(S(=O)(=O)N2CC(C)OCC2(C)C)cc1. The molecule has 0 amide bonds. The van der Waals surface area contributed by atoms with Crippen molar-refractivity contribution in [2.75, 3.05) is 20.3 Å². The van der Waals surface area contributed by atoms with Gasteiger partial charge in [0.05, 0.1) is 30.3 Å². The zero-order valence-corrected chi connectivity index (χ0v) is 13.1. The minimum atomic E-state index is -3.53. The van der Waals surface area contributed by atoms with Gasteiger partial charge in [0.2, 0.25) is 10.0 Å². The highest BCUT2D eigenvalue weighted by atomic mass is 32.2. The van der Waals surface area contributed by atoms with Crippen LogP contribution in [0.1, 0.15) is 20.8 Å². The molecule has 5 nitrogen and oxygen atoms in total. The Hall–Kier alpha value is -1.11. The van der Waals surface area contributed by atoms with E-state index < -0.39 is 15.6 Å². The van der Waals surface area contributed by atoms with Crippen molar-refractivity contribution in [3.63, 3.8) is 0 Å². The van der Waals surface area contributed by atoms with Gasteiger partial charge in [-0.15, -0.1) is 0 Å².